The van der Waals surface area contributed by atoms with Crippen molar-refractivity contribution >= 4 is 17.4 Å². The molecule has 1 aliphatic rings. The van der Waals surface area contributed by atoms with Gasteiger partial charge in [0.2, 0.25) is 0 Å². The molecule has 1 aromatic carbocycles. The predicted molar refractivity (Wildman–Crippen MR) is 90.1 cm³/mol. The van der Waals surface area contributed by atoms with E-state index in [1.165, 1.54) is 20.3 Å². The topological polar surface area (TPSA) is 100 Å². The predicted octanol–water partition coefficient (Wildman–Crippen LogP) is 2.79. The molecule has 0 aromatic heterocycles. The number of nitro benzene ring substituents is 1. The fraction of sp³-hybridized carbons (Fsp3) is 0.412. The molecule has 0 radical (unpaired) electrons. The molecule has 1 heterocycles. The Morgan fingerprint density at radius 2 is 1.96 bits per heavy atom. The second-order valence-corrected chi connectivity index (χ2v) is 5.60. The first-order chi connectivity index (χ1) is 11.9. The second-order valence-electron chi connectivity index (χ2n) is 5.60. The van der Waals surface area contributed by atoms with Gasteiger partial charge in [-0.1, -0.05) is 18.2 Å². The third-order valence-corrected chi connectivity index (χ3v) is 4.22. The fourth-order valence-electron chi connectivity index (χ4n) is 3.11. The molecule has 1 aliphatic heterocycles. The van der Waals surface area contributed by atoms with Gasteiger partial charge in [0.25, 0.3) is 5.69 Å². The van der Waals surface area contributed by atoms with E-state index in [9.17, 15) is 14.9 Å². The van der Waals surface area contributed by atoms with Crippen LogP contribution in [0.25, 0.3) is 0 Å². The quantitative estimate of drug-likeness (QED) is 0.339. The Morgan fingerprint density at radius 3 is 2.56 bits per heavy atom. The summed E-state index contributed by atoms with van der Waals surface area (Å²) in [6.07, 6.45) is 0. The average Bonchev–Trinajstić information content (AvgIpc) is 2.59. The summed E-state index contributed by atoms with van der Waals surface area (Å²) in [5.74, 6) is -1.60. The van der Waals surface area contributed by atoms with Crippen LogP contribution in [0.3, 0.4) is 0 Å². The van der Waals surface area contributed by atoms with E-state index in [-0.39, 0.29) is 17.9 Å². The first kappa shape index (κ1) is 18.8. The number of carbonyl (C=O) groups excluding carboxylic acids is 1. The summed E-state index contributed by atoms with van der Waals surface area (Å²) in [6, 6.07) is 6.33. The lowest BCUT2D eigenvalue weighted by Crippen LogP contribution is -2.33. The summed E-state index contributed by atoms with van der Waals surface area (Å²) >= 11 is 0. The molecule has 0 bridgehead atoms. The highest BCUT2D eigenvalue weighted by Crippen LogP contribution is 2.42. The highest BCUT2D eigenvalue weighted by Gasteiger charge is 2.40. The van der Waals surface area contributed by atoms with E-state index >= 15 is 0 Å². The van der Waals surface area contributed by atoms with E-state index in [4.69, 9.17) is 9.62 Å². The molecule has 0 fully saturated rings. The van der Waals surface area contributed by atoms with Gasteiger partial charge in [-0.25, -0.2) is 14.6 Å². The van der Waals surface area contributed by atoms with Crippen LogP contribution in [0.1, 0.15) is 25.3 Å². The molecule has 0 spiro atoms. The molecule has 1 aromatic rings. The van der Waals surface area contributed by atoms with Gasteiger partial charge in [0.05, 0.1) is 31.3 Å². The van der Waals surface area contributed by atoms with Gasteiger partial charge in [0, 0.05) is 34.9 Å². The molecule has 0 saturated carbocycles. The molecule has 8 nitrogen and oxygen atoms in total. The Labute approximate surface area is 145 Å². The smallest absolute Gasteiger partial charge is 0.336 e. The van der Waals surface area contributed by atoms with Gasteiger partial charge in [-0.2, -0.15) is 0 Å². The van der Waals surface area contributed by atoms with E-state index < -0.39 is 22.7 Å². The average molecular weight is 348 g/mol. The number of para-hydroxylation sites is 1. The summed E-state index contributed by atoms with van der Waals surface area (Å²) < 4.78 is 4.89. The number of nitrogens with zero attached hydrogens (tertiary/aromatic N) is 2. The van der Waals surface area contributed by atoms with Gasteiger partial charge in [-0.3, -0.25) is 15.1 Å². The van der Waals surface area contributed by atoms with Crippen molar-refractivity contribution < 1.29 is 24.2 Å². The molecular formula is C17H20N2O6. The lowest BCUT2D eigenvalue weighted by molar-refractivity contribution is -0.385. The largest absolute Gasteiger partial charge is 0.466 e. The summed E-state index contributed by atoms with van der Waals surface area (Å²) in [7, 11) is 2.64. The van der Waals surface area contributed by atoms with Crippen LogP contribution in [0.4, 0.5) is 5.69 Å². The molecule has 0 amide bonds. The van der Waals surface area contributed by atoms with Gasteiger partial charge in [-0.05, 0) is 13.8 Å². The van der Waals surface area contributed by atoms with Crippen molar-refractivity contribution in [1.29, 1.82) is 0 Å². The normalized spacial score (nSPS) is 20.2. The van der Waals surface area contributed by atoms with Crippen LogP contribution < -0.4 is 0 Å². The maximum Gasteiger partial charge on any atom is 0.336 e. The van der Waals surface area contributed by atoms with Gasteiger partial charge in [0.1, 0.15) is 0 Å². The Hall–Kier alpha value is -2.58. The first-order valence-electron chi connectivity index (χ1n) is 7.65. The van der Waals surface area contributed by atoms with E-state index in [1.54, 1.807) is 32.0 Å². The van der Waals surface area contributed by atoms with Crippen molar-refractivity contribution in [3.63, 3.8) is 0 Å². The molecule has 134 valence electrons. The molecule has 2 rings (SSSR count). The number of rotatable bonds is 6. The number of carbonyl (C=O) groups is 1. The lowest BCUT2D eigenvalue weighted by atomic mass is 9.75. The molecular weight excluding hydrogens is 328 g/mol. The van der Waals surface area contributed by atoms with E-state index in [2.05, 4.69) is 9.88 Å². The summed E-state index contributed by atoms with van der Waals surface area (Å²) in [5, 5.41) is 11.5. The van der Waals surface area contributed by atoms with Crippen LogP contribution in [-0.4, -0.2) is 37.4 Å². The number of allylic oxidation sites excluding steroid dienone is 1. The maximum absolute atomic E-state index is 12.4. The Morgan fingerprint density at radius 1 is 1.28 bits per heavy atom. The van der Waals surface area contributed by atoms with Crippen molar-refractivity contribution in [3.05, 3.63) is 51.2 Å². The number of esters is 1. The number of hydrogen-bond acceptors (Lipinski definition) is 7. The minimum Gasteiger partial charge on any atom is -0.466 e. The Bertz CT molecular complexity index is 740. The molecule has 8 heteroatoms. The van der Waals surface area contributed by atoms with Crippen molar-refractivity contribution in [1.82, 2.24) is 0 Å². The molecule has 2 atom stereocenters. The summed E-state index contributed by atoms with van der Waals surface area (Å²) in [5.41, 5.74) is 1.80. The number of methoxy groups -OCH3 is 1. The Kier molecular flexibility index (Phi) is 6.00. The van der Waals surface area contributed by atoms with Gasteiger partial charge in [0.15, 0.2) is 0 Å². The van der Waals surface area contributed by atoms with Crippen LogP contribution in [0.5, 0.6) is 0 Å². The summed E-state index contributed by atoms with van der Waals surface area (Å²) in [6.45, 7) is 3.57. The van der Waals surface area contributed by atoms with Gasteiger partial charge < -0.3 is 4.74 Å². The van der Waals surface area contributed by atoms with E-state index in [1.807, 2.05) is 0 Å². The number of ether oxygens (including phenoxy) is 1. The number of benzene rings is 1. The van der Waals surface area contributed by atoms with Crippen LogP contribution in [0, 0.1) is 16.0 Å². The highest BCUT2D eigenvalue weighted by molar-refractivity contribution is 5.97. The van der Waals surface area contributed by atoms with E-state index in [0.29, 0.717) is 17.0 Å². The molecule has 0 aliphatic carbocycles. The minimum atomic E-state index is -0.623. The van der Waals surface area contributed by atoms with Crippen LogP contribution >= 0.6 is 0 Å². The van der Waals surface area contributed by atoms with Crippen molar-refractivity contribution in [3.8, 4) is 0 Å². The third kappa shape index (κ3) is 3.75. The third-order valence-electron chi connectivity index (χ3n) is 4.22. The maximum atomic E-state index is 12.4. The molecule has 0 N–H and O–H groups in total. The van der Waals surface area contributed by atoms with Crippen molar-refractivity contribution in [2.24, 2.45) is 10.9 Å². The zero-order valence-electron chi connectivity index (χ0n) is 14.5. The van der Waals surface area contributed by atoms with Gasteiger partial charge >= 0.3 is 5.97 Å². The fourth-order valence-corrected chi connectivity index (χ4v) is 3.11. The van der Waals surface area contributed by atoms with Crippen LogP contribution in [-0.2, 0) is 19.3 Å². The SMILES string of the molecule is COOCC1C(C)=NC(C)=C(C(=O)OC)C1c1ccccc1[N+](=O)[O-]. The monoisotopic (exact) mass is 348 g/mol. The van der Waals surface area contributed by atoms with Gasteiger partial charge in [-0.15, -0.1) is 0 Å². The zero-order valence-corrected chi connectivity index (χ0v) is 14.5. The van der Waals surface area contributed by atoms with Crippen LogP contribution in [0.2, 0.25) is 0 Å². The first-order valence-corrected chi connectivity index (χ1v) is 7.65. The van der Waals surface area contributed by atoms with E-state index in [0.717, 1.165) is 0 Å². The van der Waals surface area contributed by atoms with Crippen LogP contribution in [0.15, 0.2) is 40.5 Å². The number of aliphatic imine (C=N–C) groups is 1. The number of nitro groups is 1. The molecule has 2 unspecified atom stereocenters. The summed E-state index contributed by atoms with van der Waals surface area (Å²) in [4.78, 5) is 37.6. The van der Waals surface area contributed by atoms with Crippen molar-refractivity contribution in [2.75, 3.05) is 20.8 Å². The molecule has 25 heavy (non-hydrogen) atoms. The second kappa shape index (κ2) is 8.00. The Balaban J connectivity index is 2.67. The lowest BCUT2D eigenvalue weighted by Gasteiger charge is -2.31. The standard InChI is InChI=1S/C17H20N2O6/c1-10-13(9-25-24-4)16(15(11(2)18-10)17(20)23-3)12-7-5-6-8-14(12)19(21)22/h5-8,13,16H,9H2,1-4H3. The minimum absolute atomic E-state index is 0.0705. The van der Waals surface area contributed by atoms with Crippen molar-refractivity contribution in [2.45, 2.75) is 19.8 Å². The highest BCUT2D eigenvalue weighted by atomic mass is 17.2. The molecule has 0 saturated heterocycles. The zero-order chi connectivity index (χ0) is 18.6. The number of hydrogen-bond donors (Lipinski definition) is 0.